The van der Waals surface area contributed by atoms with Gasteiger partial charge in [0.15, 0.2) is 0 Å². The monoisotopic (exact) mass is 533 g/mol. The minimum Gasteiger partial charge on any atom is -1.00 e. The summed E-state index contributed by atoms with van der Waals surface area (Å²) in [6.07, 6.45) is 40.1. The number of rotatable bonds is 31. The number of hydrogen-bond donors (Lipinski definition) is 0. The van der Waals surface area contributed by atoms with E-state index in [4.69, 9.17) is 4.74 Å². The molecule has 0 saturated carbocycles. The number of unbranched alkanes of at least 4 members (excludes halogenated alkanes) is 27. The van der Waals surface area contributed by atoms with Gasteiger partial charge in [-0.05, 0) is 12.8 Å². The third kappa shape index (κ3) is 36.5. The van der Waals surface area contributed by atoms with Crippen molar-refractivity contribution in [3.63, 3.8) is 0 Å². The molecule has 2 nitrogen and oxygen atoms in total. The molecule has 3 heteroatoms. The van der Waals surface area contributed by atoms with E-state index in [0.717, 1.165) is 12.8 Å². The SMILES string of the molecule is CCCCCCCCCCCCCCCCCCOC(=O)CCCCCCCCCCCCCCC.[H-].[Na+]. The Bertz CT molecular complexity index is 419. The van der Waals surface area contributed by atoms with E-state index in [2.05, 4.69) is 13.8 Å². The second-order valence-corrected chi connectivity index (χ2v) is 11.5. The molecule has 0 aromatic carbocycles. The van der Waals surface area contributed by atoms with Crippen molar-refractivity contribution in [3.8, 4) is 0 Å². The van der Waals surface area contributed by atoms with Crippen LogP contribution in [0.5, 0.6) is 0 Å². The summed E-state index contributed by atoms with van der Waals surface area (Å²) in [7, 11) is 0. The van der Waals surface area contributed by atoms with Gasteiger partial charge in [0.2, 0.25) is 0 Å². The van der Waals surface area contributed by atoms with Gasteiger partial charge < -0.3 is 6.16 Å². The van der Waals surface area contributed by atoms with E-state index >= 15 is 0 Å². The van der Waals surface area contributed by atoms with Crippen molar-refractivity contribution >= 4 is 5.97 Å². The normalized spacial score (nSPS) is 11.0. The Morgan fingerprint density at radius 1 is 0.405 bits per heavy atom. The molecule has 0 rings (SSSR count). The minimum absolute atomic E-state index is 0. The minimum atomic E-state index is 0. The van der Waals surface area contributed by atoms with Crippen LogP contribution in [-0.4, -0.2) is 12.6 Å². The Kier molecular flexibility index (Phi) is 39.0. The summed E-state index contributed by atoms with van der Waals surface area (Å²) < 4.78 is 5.43. The van der Waals surface area contributed by atoms with E-state index in [1.165, 1.54) is 173 Å². The Labute approximate surface area is 258 Å². The summed E-state index contributed by atoms with van der Waals surface area (Å²) >= 11 is 0. The third-order valence-corrected chi connectivity index (χ3v) is 7.75. The summed E-state index contributed by atoms with van der Waals surface area (Å²) in [5.74, 6) is 0.0269. The molecular weight excluding hydrogens is 463 g/mol. The summed E-state index contributed by atoms with van der Waals surface area (Å²) in [5.41, 5.74) is 0. The number of carbonyl (C=O) groups excluding carboxylic acids is 1. The maximum atomic E-state index is 11.9. The molecule has 0 bridgehead atoms. The van der Waals surface area contributed by atoms with Crippen LogP contribution in [0.1, 0.15) is 208 Å². The van der Waals surface area contributed by atoms with Gasteiger partial charge in [-0.2, -0.15) is 0 Å². The molecule has 0 spiro atoms. The van der Waals surface area contributed by atoms with Gasteiger partial charge in [0.1, 0.15) is 0 Å². The smallest absolute Gasteiger partial charge is 1.00 e. The number of ether oxygens (including phenoxy) is 1. The van der Waals surface area contributed by atoms with Crippen LogP contribution >= 0.6 is 0 Å². The fraction of sp³-hybridized carbons (Fsp3) is 0.971. The third-order valence-electron chi connectivity index (χ3n) is 7.75. The fourth-order valence-electron chi connectivity index (χ4n) is 5.20. The molecule has 37 heavy (non-hydrogen) atoms. The van der Waals surface area contributed by atoms with Crippen LogP contribution in [0, 0.1) is 0 Å². The van der Waals surface area contributed by atoms with Crippen LogP contribution in [0.4, 0.5) is 0 Å². The molecule has 0 unspecified atom stereocenters. The van der Waals surface area contributed by atoms with Gasteiger partial charge in [0, 0.05) is 6.42 Å². The van der Waals surface area contributed by atoms with Gasteiger partial charge in [-0.15, -0.1) is 0 Å². The molecule has 0 N–H and O–H groups in total. The van der Waals surface area contributed by atoms with Crippen LogP contribution in [0.3, 0.4) is 0 Å². The van der Waals surface area contributed by atoms with Crippen LogP contribution in [-0.2, 0) is 9.53 Å². The standard InChI is InChI=1S/C34H68O2.Na.H/c1-3-5-7-9-11-13-15-17-18-19-21-23-25-27-29-31-33-36-34(35)32-30-28-26-24-22-20-16-14-12-10-8-6-4-2;;/h3-33H2,1-2H3;;/q;+1;-1. The Morgan fingerprint density at radius 2 is 0.649 bits per heavy atom. The van der Waals surface area contributed by atoms with Gasteiger partial charge in [-0.3, -0.25) is 4.79 Å². The number of carbonyl (C=O) groups is 1. The molecule has 0 aromatic rings. The molecule has 0 amide bonds. The van der Waals surface area contributed by atoms with Gasteiger partial charge in [-0.25, -0.2) is 0 Å². The van der Waals surface area contributed by atoms with Crippen molar-refractivity contribution in [1.82, 2.24) is 0 Å². The molecule has 0 aliphatic carbocycles. The zero-order valence-corrected chi connectivity index (χ0v) is 28.2. The molecule has 218 valence electrons. The number of esters is 1. The predicted octanol–water partition coefficient (Wildman–Crippen LogP) is 9.39. The summed E-state index contributed by atoms with van der Waals surface area (Å²) in [5, 5.41) is 0. The Morgan fingerprint density at radius 3 is 0.946 bits per heavy atom. The van der Waals surface area contributed by atoms with Gasteiger partial charge in [-0.1, -0.05) is 187 Å². The van der Waals surface area contributed by atoms with Crippen molar-refractivity contribution in [2.24, 2.45) is 0 Å². The van der Waals surface area contributed by atoms with Crippen LogP contribution in [0.15, 0.2) is 0 Å². The van der Waals surface area contributed by atoms with Crippen molar-refractivity contribution < 1.29 is 40.5 Å². The maximum Gasteiger partial charge on any atom is 1.00 e. The van der Waals surface area contributed by atoms with E-state index in [0.29, 0.717) is 13.0 Å². The zero-order chi connectivity index (χ0) is 26.2. The zero-order valence-electron chi connectivity index (χ0n) is 27.2. The van der Waals surface area contributed by atoms with E-state index in [-0.39, 0.29) is 37.0 Å². The Balaban J connectivity index is -0.00000612. The predicted molar refractivity (Wildman–Crippen MR) is 162 cm³/mol. The molecule has 0 heterocycles. The van der Waals surface area contributed by atoms with Crippen molar-refractivity contribution in [1.29, 1.82) is 0 Å². The molecule has 0 aliphatic heterocycles. The first-order valence-electron chi connectivity index (χ1n) is 17.0. The maximum absolute atomic E-state index is 11.9. The van der Waals surface area contributed by atoms with Crippen LogP contribution in [0.25, 0.3) is 0 Å². The molecule has 0 fully saturated rings. The molecule has 0 atom stereocenters. The summed E-state index contributed by atoms with van der Waals surface area (Å²) in [6, 6.07) is 0. The molecule has 0 aromatic heterocycles. The first-order valence-corrected chi connectivity index (χ1v) is 17.0. The van der Waals surface area contributed by atoms with Crippen molar-refractivity contribution in [2.75, 3.05) is 6.61 Å². The van der Waals surface area contributed by atoms with E-state index in [1.807, 2.05) is 0 Å². The molecular formula is C34H69NaO2. The van der Waals surface area contributed by atoms with Gasteiger partial charge in [0.05, 0.1) is 6.61 Å². The van der Waals surface area contributed by atoms with E-state index in [1.54, 1.807) is 0 Å². The van der Waals surface area contributed by atoms with E-state index < -0.39 is 0 Å². The summed E-state index contributed by atoms with van der Waals surface area (Å²) in [4.78, 5) is 11.9. The average molecular weight is 533 g/mol. The number of hydrogen-bond acceptors (Lipinski definition) is 2. The average Bonchev–Trinajstić information content (AvgIpc) is 2.88. The van der Waals surface area contributed by atoms with Crippen molar-refractivity contribution in [2.45, 2.75) is 206 Å². The van der Waals surface area contributed by atoms with Crippen LogP contribution < -0.4 is 29.6 Å². The van der Waals surface area contributed by atoms with E-state index in [9.17, 15) is 4.79 Å². The Hall–Kier alpha value is 0.470. The summed E-state index contributed by atoms with van der Waals surface area (Å²) in [6.45, 7) is 5.21. The van der Waals surface area contributed by atoms with Gasteiger partial charge in [0.25, 0.3) is 0 Å². The van der Waals surface area contributed by atoms with Crippen LogP contribution in [0.2, 0.25) is 0 Å². The van der Waals surface area contributed by atoms with Crippen molar-refractivity contribution in [3.05, 3.63) is 0 Å². The first-order chi connectivity index (χ1) is 17.8. The second kappa shape index (κ2) is 36.5. The molecule has 0 aliphatic rings. The van der Waals surface area contributed by atoms with Gasteiger partial charge >= 0.3 is 35.5 Å². The topological polar surface area (TPSA) is 26.3 Å². The fourth-order valence-corrected chi connectivity index (χ4v) is 5.20. The largest absolute Gasteiger partial charge is 1.00 e. The first kappa shape index (κ1) is 39.6. The molecule has 0 saturated heterocycles. The second-order valence-electron chi connectivity index (χ2n) is 11.5. The quantitative estimate of drug-likeness (QED) is 0.0505. The molecule has 0 radical (unpaired) electrons.